The van der Waals surface area contributed by atoms with Crippen molar-refractivity contribution in [2.24, 2.45) is 5.10 Å². The number of carbonyl (C=O) groups excluding carboxylic acids is 2. The first-order valence-corrected chi connectivity index (χ1v) is 12.6. The fourth-order valence-corrected chi connectivity index (χ4v) is 4.78. The molecule has 1 aromatic heterocycles. The van der Waals surface area contributed by atoms with Crippen LogP contribution in [0.2, 0.25) is 0 Å². The number of nitrogens with zero attached hydrogens (tertiary/aromatic N) is 3. The van der Waals surface area contributed by atoms with Gasteiger partial charge in [-0.25, -0.2) is 18.4 Å². The second-order valence-electron chi connectivity index (χ2n) is 8.06. The molecule has 2 heterocycles. The third kappa shape index (κ3) is 5.93. The lowest BCUT2D eigenvalue weighted by atomic mass is 10.1. The van der Waals surface area contributed by atoms with Gasteiger partial charge in [0.05, 0.1) is 23.5 Å². The number of para-hydroxylation sites is 1. The highest BCUT2D eigenvalue weighted by Crippen LogP contribution is 2.30. The Morgan fingerprint density at radius 1 is 1.09 bits per heavy atom. The second kappa shape index (κ2) is 10.1. The molecule has 2 aromatic carbocycles. The monoisotopic (exact) mass is 495 g/mol. The summed E-state index contributed by atoms with van der Waals surface area (Å²) in [5.41, 5.74) is 2.24. The van der Waals surface area contributed by atoms with Gasteiger partial charge in [0, 0.05) is 19.9 Å². The minimum Gasteiger partial charge on any atom is -0.441 e. The van der Waals surface area contributed by atoms with E-state index in [1.165, 1.54) is 7.05 Å². The number of rotatable bonds is 8. The average Bonchev–Trinajstić information content (AvgIpc) is 3.20. The first kappa shape index (κ1) is 24.1. The normalized spacial score (nSPS) is 13.9. The van der Waals surface area contributed by atoms with E-state index in [1.807, 2.05) is 6.07 Å². The third-order valence-electron chi connectivity index (χ3n) is 5.40. The largest absolute Gasteiger partial charge is 0.441 e. The zero-order valence-corrected chi connectivity index (χ0v) is 20.1. The molecule has 0 atom stereocenters. The van der Waals surface area contributed by atoms with Crippen LogP contribution in [-0.2, 0) is 31.9 Å². The van der Waals surface area contributed by atoms with Gasteiger partial charge in [-0.3, -0.25) is 14.3 Å². The lowest BCUT2D eigenvalue weighted by Crippen LogP contribution is -2.37. The van der Waals surface area contributed by atoms with Gasteiger partial charge >= 0.3 is 0 Å². The van der Waals surface area contributed by atoms with E-state index < -0.39 is 10.0 Å². The quantitative estimate of drug-likeness (QED) is 0.494. The van der Waals surface area contributed by atoms with Crippen molar-refractivity contribution in [3.8, 4) is 11.5 Å². The number of aromatic nitrogens is 1. The molecule has 11 heteroatoms. The van der Waals surface area contributed by atoms with Gasteiger partial charge in [-0.05, 0) is 24.6 Å². The molecule has 1 aliphatic rings. The van der Waals surface area contributed by atoms with Crippen LogP contribution in [0.1, 0.15) is 29.9 Å². The SMILES string of the molecule is Cc1oc(-c2ccccc2NS(=O)(=O)Cc2ccccc2)nc1CNC(=O)C1=NN(C)C(=O)CC1. The minimum atomic E-state index is -3.68. The summed E-state index contributed by atoms with van der Waals surface area (Å²) in [5, 5.41) is 7.91. The van der Waals surface area contributed by atoms with Crippen molar-refractivity contribution in [1.29, 1.82) is 0 Å². The number of oxazole rings is 1. The summed E-state index contributed by atoms with van der Waals surface area (Å²) in [6, 6.07) is 15.7. The molecule has 2 N–H and O–H groups in total. The van der Waals surface area contributed by atoms with Crippen LogP contribution in [0.4, 0.5) is 5.69 Å². The van der Waals surface area contributed by atoms with Gasteiger partial charge in [0.15, 0.2) is 0 Å². The number of carbonyl (C=O) groups is 2. The number of nitrogens with one attached hydrogen (secondary N) is 2. The highest BCUT2D eigenvalue weighted by atomic mass is 32.2. The van der Waals surface area contributed by atoms with Gasteiger partial charge < -0.3 is 9.73 Å². The van der Waals surface area contributed by atoms with Crippen molar-refractivity contribution < 1.29 is 22.4 Å². The van der Waals surface area contributed by atoms with E-state index in [0.29, 0.717) is 28.3 Å². The fourth-order valence-electron chi connectivity index (χ4n) is 3.56. The Labute approximate surface area is 203 Å². The molecule has 0 aliphatic carbocycles. The Kier molecular flexibility index (Phi) is 6.97. The lowest BCUT2D eigenvalue weighted by Gasteiger charge is -2.18. The van der Waals surface area contributed by atoms with Crippen molar-refractivity contribution >= 4 is 33.2 Å². The van der Waals surface area contributed by atoms with E-state index >= 15 is 0 Å². The van der Waals surface area contributed by atoms with Gasteiger partial charge in [0.2, 0.25) is 21.8 Å². The highest BCUT2D eigenvalue weighted by Gasteiger charge is 2.23. The zero-order chi connectivity index (χ0) is 25.0. The Bertz CT molecular complexity index is 1380. The van der Waals surface area contributed by atoms with Crippen LogP contribution in [0.15, 0.2) is 64.1 Å². The number of aryl methyl sites for hydroxylation is 1. The van der Waals surface area contributed by atoms with E-state index in [9.17, 15) is 18.0 Å². The van der Waals surface area contributed by atoms with Crippen LogP contribution in [0, 0.1) is 6.92 Å². The van der Waals surface area contributed by atoms with Crippen molar-refractivity contribution in [3.05, 3.63) is 71.6 Å². The standard InChI is InChI=1S/C24H25N5O5S/c1-16-21(14-25-23(31)20-12-13-22(30)29(2)27-20)26-24(34-16)18-10-6-7-11-19(18)28-35(32,33)15-17-8-4-3-5-9-17/h3-11,28H,12-15H2,1-2H3,(H,25,31). The van der Waals surface area contributed by atoms with Gasteiger partial charge in [0.25, 0.3) is 5.91 Å². The van der Waals surface area contributed by atoms with E-state index in [0.717, 1.165) is 5.01 Å². The Morgan fingerprint density at radius 2 is 1.80 bits per heavy atom. The first-order valence-electron chi connectivity index (χ1n) is 10.9. The summed E-state index contributed by atoms with van der Waals surface area (Å²) in [5.74, 6) is 0.0125. The summed E-state index contributed by atoms with van der Waals surface area (Å²) in [6.45, 7) is 1.80. The van der Waals surface area contributed by atoms with E-state index in [4.69, 9.17) is 4.42 Å². The summed E-state index contributed by atoms with van der Waals surface area (Å²) in [4.78, 5) is 28.5. The van der Waals surface area contributed by atoms with E-state index in [1.54, 1.807) is 55.5 Å². The molecule has 3 aromatic rings. The number of hydrogen-bond donors (Lipinski definition) is 2. The Morgan fingerprint density at radius 3 is 2.54 bits per heavy atom. The van der Waals surface area contributed by atoms with Crippen molar-refractivity contribution in [2.45, 2.75) is 32.1 Å². The molecule has 0 spiro atoms. The molecule has 4 rings (SSSR count). The van der Waals surface area contributed by atoms with E-state index in [2.05, 4.69) is 20.1 Å². The number of benzene rings is 2. The van der Waals surface area contributed by atoms with Crippen LogP contribution in [0.5, 0.6) is 0 Å². The number of hydrogen-bond acceptors (Lipinski definition) is 7. The molecule has 0 bridgehead atoms. The smallest absolute Gasteiger partial charge is 0.267 e. The Hall–Kier alpha value is -3.99. The molecule has 10 nitrogen and oxygen atoms in total. The fraction of sp³-hybridized carbons (Fsp3) is 0.250. The maximum absolute atomic E-state index is 12.8. The minimum absolute atomic E-state index is 0.0900. The van der Waals surface area contributed by atoms with Gasteiger partial charge in [-0.1, -0.05) is 42.5 Å². The predicted molar refractivity (Wildman–Crippen MR) is 131 cm³/mol. The highest BCUT2D eigenvalue weighted by molar-refractivity contribution is 7.91. The molecule has 0 saturated carbocycles. The zero-order valence-electron chi connectivity index (χ0n) is 19.3. The van der Waals surface area contributed by atoms with Crippen LogP contribution in [0.25, 0.3) is 11.5 Å². The Balaban J connectivity index is 1.49. The van der Waals surface area contributed by atoms with Crippen LogP contribution in [-0.4, -0.2) is 43.0 Å². The summed E-state index contributed by atoms with van der Waals surface area (Å²) >= 11 is 0. The second-order valence-corrected chi connectivity index (χ2v) is 9.78. The summed E-state index contributed by atoms with van der Waals surface area (Å²) in [7, 11) is -2.17. The maximum Gasteiger partial charge on any atom is 0.267 e. The maximum atomic E-state index is 12.8. The van der Waals surface area contributed by atoms with Crippen LogP contribution < -0.4 is 10.0 Å². The molecular weight excluding hydrogens is 470 g/mol. The van der Waals surface area contributed by atoms with Gasteiger partial charge in [-0.2, -0.15) is 5.10 Å². The van der Waals surface area contributed by atoms with Gasteiger partial charge in [0.1, 0.15) is 17.2 Å². The summed E-state index contributed by atoms with van der Waals surface area (Å²) < 4.78 is 33.9. The predicted octanol–water partition coefficient (Wildman–Crippen LogP) is 2.82. The molecule has 0 unspecified atom stereocenters. The number of anilines is 1. The van der Waals surface area contributed by atoms with Crippen LogP contribution >= 0.6 is 0 Å². The number of sulfonamides is 1. The van der Waals surface area contributed by atoms with Crippen LogP contribution in [0.3, 0.4) is 0 Å². The lowest BCUT2D eigenvalue weighted by molar-refractivity contribution is -0.130. The molecule has 2 amide bonds. The molecule has 1 aliphatic heterocycles. The molecule has 0 radical (unpaired) electrons. The van der Waals surface area contributed by atoms with E-state index in [-0.39, 0.29) is 48.6 Å². The number of hydrazone groups is 1. The molecule has 0 saturated heterocycles. The number of amides is 2. The molecule has 35 heavy (non-hydrogen) atoms. The molecular formula is C24H25N5O5S. The molecule has 0 fully saturated rings. The van der Waals surface area contributed by atoms with Crippen molar-refractivity contribution in [1.82, 2.24) is 15.3 Å². The van der Waals surface area contributed by atoms with Crippen molar-refractivity contribution in [3.63, 3.8) is 0 Å². The average molecular weight is 496 g/mol. The molecule has 182 valence electrons. The topological polar surface area (TPSA) is 134 Å². The van der Waals surface area contributed by atoms with Crippen molar-refractivity contribution in [2.75, 3.05) is 11.8 Å². The summed E-state index contributed by atoms with van der Waals surface area (Å²) in [6.07, 6.45) is 0.501. The third-order valence-corrected chi connectivity index (χ3v) is 6.65. The first-order chi connectivity index (χ1) is 16.7. The van der Waals surface area contributed by atoms with Gasteiger partial charge in [-0.15, -0.1) is 0 Å².